The molecule has 21 heavy (non-hydrogen) atoms. The molecule has 116 valence electrons. The molecule has 0 radical (unpaired) electrons. The van der Waals surface area contributed by atoms with Crippen molar-refractivity contribution in [2.24, 2.45) is 0 Å². The maximum Gasteiger partial charge on any atom is 0.119 e. The average Bonchev–Trinajstić information content (AvgIpc) is 2.85. The van der Waals surface area contributed by atoms with Gasteiger partial charge in [0.15, 0.2) is 0 Å². The molecule has 2 atom stereocenters. The summed E-state index contributed by atoms with van der Waals surface area (Å²) in [5, 5.41) is 3.75. The minimum absolute atomic E-state index is 0.745. The molecule has 0 aliphatic carbocycles. The predicted molar refractivity (Wildman–Crippen MR) is 86.7 cm³/mol. The highest BCUT2D eigenvalue weighted by molar-refractivity contribution is 5.28. The van der Waals surface area contributed by atoms with E-state index in [2.05, 4.69) is 35.3 Å². The summed E-state index contributed by atoms with van der Waals surface area (Å²) in [7, 11) is 1.74. The quantitative estimate of drug-likeness (QED) is 0.870. The van der Waals surface area contributed by atoms with Crippen molar-refractivity contribution in [3.63, 3.8) is 0 Å². The van der Waals surface area contributed by atoms with Crippen molar-refractivity contribution in [1.82, 2.24) is 10.2 Å². The third-order valence-electron chi connectivity index (χ3n) is 5.00. The summed E-state index contributed by atoms with van der Waals surface area (Å²) in [5.74, 6) is 0.967. The van der Waals surface area contributed by atoms with E-state index in [0.717, 1.165) is 30.4 Å². The number of fused-ring (bicyclic) bond motifs is 2. The van der Waals surface area contributed by atoms with Crippen LogP contribution in [0.2, 0.25) is 0 Å². The molecule has 0 aromatic heterocycles. The van der Waals surface area contributed by atoms with Crippen LogP contribution in [-0.4, -0.2) is 36.7 Å². The largest absolute Gasteiger partial charge is 0.497 e. The maximum atomic E-state index is 5.36. The van der Waals surface area contributed by atoms with Crippen molar-refractivity contribution in [2.75, 3.05) is 13.7 Å². The maximum absolute atomic E-state index is 5.36. The molecule has 0 amide bonds. The van der Waals surface area contributed by atoms with E-state index in [1.54, 1.807) is 7.11 Å². The van der Waals surface area contributed by atoms with E-state index in [1.807, 2.05) is 6.07 Å². The van der Waals surface area contributed by atoms with Crippen molar-refractivity contribution in [3.8, 4) is 5.75 Å². The first-order chi connectivity index (χ1) is 10.3. The van der Waals surface area contributed by atoms with E-state index in [1.165, 1.54) is 44.2 Å². The number of nitrogens with zero attached hydrogens (tertiary/aromatic N) is 1. The molecule has 2 aliphatic rings. The molecule has 2 fully saturated rings. The zero-order valence-electron chi connectivity index (χ0n) is 13.3. The number of rotatable bonds is 6. The summed E-state index contributed by atoms with van der Waals surface area (Å²) in [6.07, 6.45) is 6.62. The second-order valence-corrected chi connectivity index (χ2v) is 6.59. The van der Waals surface area contributed by atoms with E-state index in [-0.39, 0.29) is 0 Å². The van der Waals surface area contributed by atoms with E-state index < -0.39 is 0 Å². The van der Waals surface area contributed by atoms with Crippen LogP contribution in [0.5, 0.6) is 5.75 Å². The Balaban J connectivity index is 1.68. The SMILES string of the molecule is CCCN(Cc1cccc(OC)c1)C1CC2CCC(C1)N2. The first kappa shape index (κ1) is 14.9. The Kier molecular flexibility index (Phi) is 4.81. The molecule has 2 bridgehead atoms. The lowest BCUT2D eigenvalue weighted by atomic mass is 9.97. The topological polar surface area (TPSA) is 24.5 Å². The van der Waals surface area contributed by atoms with Crippen LogP contribution >= 0.6 is 0 Å². The van der Waals surface area contributed by atoms with Crippen LogP contribution in [0.1, 0.15) is 44.6 Å². The first-order valence-corrected chi connectivity index (χ1v) is 8.41. The lowest BCUT2D eigenvalue weighted by Crippen LogP contribution is -2.48. The van der Waals surface area contributed by atoms with Gasteiger partial charge >= 0.3 is 0 Å². The number of hydrogen-bond acceptors (Lipinski definition) is 3. The number of ether oxygens (including phenoxy) is 1. The van der Waals surface area contributed by atoms with Crippen LogP contribution in [0.15, 0.2) is 24.3 Å². The molecule has 2 heterocycles. The molecule has 2 saturated heterocycles. The van der Waals surface area contributed by atoms with Crippen LogP contribution in [0, 0.1) is 0 Å². The third kappa shape index (κ3) is 3.58. The summed E-state index contributed by atoms with van der Waals surface area (Å²) in [6, 6.07) is 10.8. The van der Waals surface area contributed by atoms with Crippen molar-refractivity contribution in [3.05, 3.63) is 29.8 Å². The summed E-state index contributed by atoms with van der Waals surface area (Å²) < 4.78 is 5.36. The molecule has 1 N–H and O–H groups in total. The Bertz CT molecular complexity index is 450. The van der Waals surface area contributed by atoms with E-state index in [4.69, 9.17) is 4.74 Å². The second kappa shape index (κ2) is 6.80. The van der Waals surface area contributed by atoms with Gasteiger partial charge in [0.2, 0.25) is 0 Å². The molecular formula is C18H28N2O. The van der Waals surface area contributed by atoms with Gasteiger partial charge in [-0.25, -0.2) is 0 Å². The van der Waals surface area contributed by atoms with Gasteiger partial charge in [-0.1, -0.05) is 19.1 Å². The van der Waals surface area contributed by atoms with Gasteiger partial charge in [-0.2, -0.15) is 0 Å². The molecule has 0 saturated carbocycles. The summed E-state index contributed by atoms with van der Waals surface area (Å²) in [4.78, 5) is 2.70. The van der Waals surface area contributed by atoms with Crippen LogP contribution in [0.4, 0.5) is 0 Å². The fourth-order valence-electron chi connectivity index (χ4n) is 4.01. The van der Waals surface area contributed by atoms with Crippen molar-refractivity contribution in [2.45, 2.75) is 63.7 Å². The van der Waals surface area contributed by atoms with E-state index in [0.29, 0.717) is 0 Å². The van der Waals surface area contributed by atoms with Gasteiger partial charge in [0, 0.05) is 24.7 Å². The normalized spacial score (nSPS) is 28.0. The molecule has 2 unspecified atom stereocenters. The van der Waals surface area contributed by atoms with Gasteiger partial charge in [-0.15, -0.1) is 0 Å². The third-order valence-corrected chi connectivity index (χ3v) is 5.00. The number of nitrogens with one attached hydrogen (secondary N) is 1. The lowest BCUT2D eigenvalue weighted by molar-refractivity contribution is 0.134. The average molecular weight is 288 g/mol. The van der Waals surface area contributed by atoms with Gasteiger partial charge < -0.3 is 10.1 Å². The molecule has 3 nitrogen and oxygen atoms in total. The molecule has 2 aliphatic heterocycles. The van der Waals surface area contributed by atoms with Gasteiger partial charge in [0.1, 0.15) is 5.75 Å². The summed E-state index contributed by atoms with van der Waals surface area (Å²) in [5.41, 5.74) is 1.37. The second-order valence-electron chi connectivity index (χ2n) is 6.59. The van der Waals surface area contributed by atoms with E-state index >= 15 is 0 Å². The number of methoxy groups -OCH3 is 1. The fraction of sp³-hybridized carbons (Fsp3) is 0.667. The number of piperidine rings is 1. The monoisotopic (exact) mass is 288 g/mol. The lowest BCUT2D eigenvalue weighted by Gasteiger charge is -2.38. The smallest absolute Gasteiger partial charge is 0.119 e. The molecular weight excluding hydrogens is 260 g/mol. The highest BCUT2D eigenvalue weighted by Crippen LogP contribution is 2.30. The van der Waals surface area contributed by atoms with Gasteiger partial charge in [-0.05, 0) is 56.3 Å². The van der Waals surface area contributed by atoms with Gasteiger partial charge in [0.05, 0.1) is 7.11 Å². The van der Waals surface area contributed by atoms with Gasteiger partial charge in [0.25, 0.3) is 0 Å². The molecule has 3 heteroatoms. The van der Waals surface area contributed by atoms with Crippen LogP contribution < -0.4 is 10.1 Å². The Morgan fingerprint density at radius 1 is 1.24 bits per heavy atom. The predicted octanol–water partition coefficient (Wildman–Crippen LogP) is 3.19. The van der Waals surface area contributed by atoms with Crippen LogP contribution in [0.25, 0.3) is 0 Å². The summed E-state index contributed by atoms with van der Waals surface area (Å²) >= 11 is 0. The number of hydrogen-bond donors (Lipinski definition) is 1. The highest BCUT2D eigenvalue weighted by atomic mass is 16.5. The summed E-state index contributed by atoms with van der Waals surface area (Å²) in [6.45, 7) is 4.53. The highest BCUT2D eigenvalue weighted by Gasteiger charge is 2.35. The van der Waals surface area contributed by atoms with Gasteiger partial charge in [-0.3, -0.25) is 4.90 Å². The van der Waals surface area contributed by atoms with Crippen molar-refractivity contribution < 1.29 is 4.74 Å². The first-order valence-electron chi connectivity index (χ1n) is 8.41. The number of benzene rings is 1. The molecule has 1 aromatic rings. The zero-order valence-corrected chi connectivity index (χ0v) is 13.3. The van der Waals surface area contributed by atoms with E-state index in [9.17, 15) is 0 Å². The van der Waals surface area contributed by atoms with Crippen LogP contribution in [-0.2, 0) is 6.54 Å². The molecule has 1 aromatic carbocycles. The van der Waals surface area contributed by atoms with Crippen molar-refractivity contribution >= 4 is 0 Å². The standard InChI is InChI=1S/C18H28N2O/c1-3-9-20(13-14-5-4-6-18(10-14)21-2)17-11-15-7-8-16(12-17)19-15/h4-6,10,15-17,19H,3,7-9,11-13H2,1-2H3. The van der Waals surface area contributed by atoms with Crippen LogP contribution in [0.3, 0.4) is 0 Å². The molecule has 3 rings (SSSR count). The zero-order chi connectivity index (χ0) is 14.7. The minimum Gasteiger partial charge on any atom is -0.497 e. The fourth-order valence-corrected chi connectivity index (χ4v) is 4.01. The molecule has 0 spiro atoms. The Morgan fingerprint density at radius 3 is 2.67 bits per heavy atom. The minimum atomic E-state index is 0.745. The Morgan fingerprint density at radius 2 is 2.00 bits per heavy atom. The Labute approximate surface area is 128 Å². The Hall–Kier alpha value is -1.06. The van der Waals surface area contributed by atoms with Crippen molar-refractivity contribution in [1.29, 1.82) is 0 Å².